The Bertz CT molecular complexity index is 363. The molecular formula is C18H31F2N. The van der Waals surface area contributed by atoms with E-state index in [4.69, 9.17) is 0 Å². The quantitative estimate of drug-likeness (QED) is 0.723. The van der Waals surface area contributed by atoms with E-state index in [1.54, 1.807) is 12.1 Å². The van der Waals surface area contributed by atoms with Crippen LogP contribution in [-0.2, 0) is 6.54 Å². The van der Waals surface area contributed by atoms with Crippen molar-refractivity contribution in [2.75, 3.05) is 20.3 Å². The topological polar surface area (TPSA) is 3.24 Å². The Kier molecular flexibility index (Phi) is 10.2. The molecule has 1 aliphatic rings. The Labute approximate surface area is 129 Å². The molecule has 122 valence electrons. The van der Waals surface area contributed by atoms with Crippen molar-refractivity contribution >= 4 is 0 Å². The van der Waals surface area contributed by atoms with Crippen LogP contribution in [0.4, 0.5) is 8.78 Å². The zero-order valence-corrected chi connectivity index (χ0v) is 14.4. The number of halogens is 2. The largest absolute Gasteiger partial charge is 0.298 e. The van der Waals surface area contributed by atoms with Crippen LogP contribution in [0.5, 0.6) is 0 Å². The third kappa shape index (κ3) is 6.56. The van der Waals surface area contributed by atoms with Gasteiger partial charge in [-0.05, 0) is 36.8 Å². The number of benzene rings is 1. The summed E-state index contributed by atoms with van der Waals surface area (Å²) in [6, 6.07) is 5.35. The fourth-order valence-electron chi connectivity index (χ4n) is 3.01. The van der Waals surface area contributed by atoms with Gasteiger partial charge in [0.1, 0.15) is 5.82 Å². The van der Waals surface area contributed by atoms with Gasteiger partial charge in [0.15, 0.2) is 0 Å². The molecule has 0 radical (unpaired) electrons. The molecule has 2 unspecified atom stereocenters. The maximum Gasteiger partial charge on any atom is 0.127 e. The number of alkyl halides is 1. The van der Waals surface area contributed by atoms with Gasteiger partial charge in [-0.15, -0.1) is 0 Å². The monoisotopic (exact) mass is 299 g/mol. The van der Waals surface area contributed by atoms with Crippen LogP contribution in [-0.4, -0.2) is 25.2 Å². The highest BCUT2D eigenvalue weighted by Crippen LogP contribution is 2.24. The molecule has 0 spiro atoms. The second-order valence-electron chi connectivity index (χ2n) is 5.68. The Hall–Kier alpha value is -0.960. The summed E-state index contributed by atoms with van der Waals surface area (Å²) in [4.78, 5) is 2.39. The van der Waals surface area contributed by atoms with E-state index in [9.17, 15) is 8.78 Å². The van der Waals surface area contributed by atoms with E-state index < -0.39 is 0 Å². The Balaban J connectivity index is 0.000000921. The molecule has 1 aromatic rings. The molecule has 1 aromatic carbocycles. The summed E-state index contributed by atoms with van der Waals surface area (Å²) in [7, 11) is 0.500. The second-order valence-corrected chi connectivity index (χ2v) is 5.68. The fourth-order valence-corrected chi connectivity index (χ4v) is 3.01. The third-order valence-corrected chi connectivity index (χ3v) is 3.68. The summed E-state index contributed by atoms with van der Waals surface area (Å²) in [5.74, 6) is 1.40. The van der Waals surface area contributed by atoms with E-state index in [0.717, 1.165) is 42.6 Å². The lowest BCUT2D eigenvalue weighted by molar-refractivity contribution is 0.133. The number of hydrogen-bond acceptors (Lipinski definition) is 1. The third-order valence-electron chi connectivity index (χ3n) is 3.68. The Morgan fingerprint density at radius 3 is 2.10 bits per heavy atom. The second kappa shape index (κ2) is 10.7. The molecular weight excluding hydrogens is 268 g/mol. The fraction of sp³-hybridized carbons (Fsp3) is 0.667. The van der Waals surface area contributed by atoms with Gasteiger partial charge in [0.25, 0.3) is 0 Å². The average molecular weight is 299 g/mol. The summed E-state index contributed by atoms with van der Waals surface area (Å²) < 4.78 is 23.3. The first kappa shape index (κ1) is 20.0. The summed E-state index contributed by atoms with van der Waals surface area (Å²) in [6.07, 6.45) is 1.30. The Morgan fingerprint density at radius 1 is 1.10 bits per heavy atom. The summed E-state index contributed by atoms with van der Waals surface area (Å²) >= 11 is 0. The minimum absolute atomic E-state index is 0.0594. The average Bonchev–Trinajstić information content (AvgIpc) is 2.46. The van der Waals surface area contributed by atoms with Gasteiger partial charge in [-0.3, -0.25) is 9.29 Å². The van der Waals surface area contributed by atoms with Crippen LogP contribution in [0.15, 0.2) is 18.2 Å². The molecule has 0 bridgehead atoms. The molecule has 0 aromatic heterocycles. The van der Waals surface area contributed by atoms with Gasteiger partial charge in [0.05, 0.1) is 7.18 Å². The van der Waals surface area contributed by atoms with Gasteiger partial charge in [0.2, 0.25) is 0 Å². The predicted molar refractivity (Wildman–Crippen MR) is 87.7 cm³/mol. The van der Waals surface area contributed by atoms with Gasteiger partial charge >= 0.3 is 0 Å². The first-order valence-corrected chi connectivity index (χ1v) is 7.90. The summed E-state index contributed by atoms with van der Waals surface area (Å²) in [5, 5.41) is 0. The zero-order chi connectivity index (χ0) is 16.4. The molecule has 0 aliphatic carbocycles. The number of aryl methyl sites for hydroxylation is 1. The molecule has 2 rings (SSSR count). The standard InChI is InChI=1S/C15H22FN.C2H6.CH3F/c1-11-7-12(2)9-17(8-11)10-14-13(3)5-4-6-15(14)16;2*1-2/h4-6,11-12H,7-10H2,1-3H3;1-2H3;1H3. The van der Waals surface area contributed by atoms with Crippen LogP contribution >= 0.6 is 0 Å². The maximum atomic E-state index is 13.8. The van der Waals surface area contributed by atoms with Gasteiger partial charge < -0.3 is 0 Å². The first-order chi connectivity index (χ1) is 10.1. The van der Waals surface area contributed by atoms with Gasteiger partial charge in [-0.2, -0.15) is 0 Å². The molecule has 1 heterocycles. The summed E-state index contributed by atoms with van der Waals surface area (Å²) in [6.45, 7) is 13.5. The van der Waals surface area contributed by atoms with E-state index in [0.29, 0.717) is 7.18 Å². The van der Waals surface area contributed by atoms with E-state index in [1.807, 2.05) is 26.8 Å². The molecule has 1 fully saturated rings. The van der Waals surface area contributed by atoms with Crippen molar-refractivity contribution < 1.29 is 8.78 Å². The van der Waals surface area contributed by atoms with Crippen LogP contribution in [0.1, 0.15) is 45.2 Å². The van der Waals surface area contributed by atoms with E-state index in [2.05, 4.69) is 18.7 Å². The number of likely N-dealkylation sites (tertiary alicyclic amines) is 1. The molecule has 1 aliphatic heterocycles. The highest BCUT2D eigenvalue weighted by Gasteiger charge is 2.22. The van der Waals surface area contributed by atoms with Crippen LogP contribution in [0, 0.1) is 24.6 Å². The van der Waals surface area contributed by atoms with Gasteiger partial charge in [0, 0.05) is 25.2 Å². The Morgan fingerprint density at radius 2 is 1.62 bits per heavy atom. The normalized spacial score (nSPS) is 21.7. The number of nitrogens with zero attached hydrogens (tertiary/aromatic N) is 1. The van der Waals surface area contributed by atoms with E-state index >= 15 is 0 Å². The van der Waals surface area contributed by atoms with Crippen molar-refractivity contribution in [1.29, 1.82) is 0 Å². The van der Waals surface area contributed by atoms with Crippen molar-refractivity contribution in [3.05, 3.63) is 35.1 Å². The number of piperidine rings is 1. The molecule has 0 saturated carbocycles. The lowest BCUT2D eigenvalue weighted by Gasteiger charge is -2.35. The minimum atomic E-state index is -0.0594. The van der Waals surface area contributed by atoms with Crippen molar-refractivity contribution in [3.8, 4) is 0 Å². The van der Waals surface area contributed by atoms with Crippen molar-refractivity contribution in [1.82, 2.24) is 4.90 Å². The zero-order valence-electron chi connectivity index (χ0n) is 14.4. The highest BCUT2D eigenvalue weighted by atomic mass is 19.1. The predicted octanol–water partition coefficient (Wildman–Crippen LogP) is 5.22. The molecule has 1 saturated heterocycles. The molecule has 1 nitrogen and oxygen atoms in total. The van der Waals surface area contributed by atoms with Gasteiger partial charge in [-0.25, -0.2) is 4.39 Å². The molecule has 0 N–H and O–H groups in total. The smallest absolute Gasteiger partial charge is 0.127 e. The highest BCUT2D eigenvalue weighted by molar-refractivity contribution is 5.27. The van der Waals surface area contributed by atoms with Crippen LogP contribution < -0.4 is 0 Å². The maximum absolute atomic E-state index is 13.8. The van der Waals surface area contributed by atoms with Crippen molar-refractivity contribution in [3.63, 3.8) is 0 Å². The lowest BCUT2D eigenvalue weighted by atomic mass is 9.91. The molecule has 2 atom stereocenters. The SMILES string of the molecule is CC.CF.Cc1cccc(F)c1CN1CC(C)CC(C)C1. The van der Waals surface area contributed by atoms with E-state index in [-0.39, 0.29) is 5.82 Å². The number of hydrogen-bond donors (Lipinski definition) is 0. The van der Waals surface area contributed by atoms with Crippen LogP contribution in [0.25, 0.3) is 0 Å². The number of rotatable bonds is 2. The van der Waals surface area contributed by atoms with Crippen molar-refractivity contribution in [2.45, 2.75) is 47.6 Å². The van der Waals surface area contributed by atoms with Crippen LogP contribution in [0.3, 0.4) is 0 Å². The van der Waals surface area contributed by atoms with E-state index in [1.165, 1.54) is 6.42 Å². The van der Waals surface area contributed by atoms with Gasteiger partial charge in [-0.1, -0.05) is 39.8 Å². The molecule has 21 heavy (non-hydrogen) atoms. The molecule has 3 heteroatoms. The van der Waals surface area contributed by atoms with Crippen LogP contribution in [0.2, 0.25) is 0 Å². The first-order valence-electron chi connectivity index (χ1n) is 7.90. The minimum Gasteiger partial charge on any atom is -0.298 e. The summed E-state index contributed by atoms with van der Waals surface area (Å²) in [5.41, 5.74) is 1.93. The molecule has 0 amide bonds. The lowest BCUT2D eigenvalue weighted by Crippen LogP contribution is -2.38. The van der Waals surface area contributed by atoms with Crippen molar-refractivity contribution in [2.24, 2.45) is 11.8 Å².